The van der Waals surface area contributed by atoms with Crippen LogP contribution in [0.2, 0.25) is 0 Å². The van der Waals surface area contributed by atoms with E-state index in [0.717, 1.165) is 37.7 Å². The zero-order valence-corrected chi connectivity index (χ0v) is 13.3. The van der Waals surface area contributed by atoms with Gasteiger partial charge >= 0.3 is 0 Å². The molecule has 1 unspecified atom stereocenters. The fraction of sp³-hybridized carbons (Fsp3) is 0.562. The molecule has 0 saturated carbocycles. The Morgan fingerprint density at radius 3 is 3.00 bits per heavy atom. The van der Waals surface area contributed by atoms with E-state index in [1.165, 1.54) is 24.1 Å². The summed E-state index contributed by atoms with van der Waals surface area (Å²) in [5.41, 5.74) is 2.39. The van der Waals surface area contributed by atoms with Crippen LogP contribution >= 0.6 is 0 Å². The summed E-state index contributed by atoms with van der Waals surface area (Å²) in [6, 6.07) is 2.15. The molecule has 1 fully saturated rings. The highest BCUT2D eigenvalue weighted by Crippen LogP contribution is 2.24. The molecule has 1 saturated heterocycles. The van der Waals surface area contributed by atoms with Crippen LogP contribution in [0.4, 0.5) is 5.82 Å². The predicted molar refractivity (Wildman–Crippen MR) is 87.2 cm³/mol. The third kappa shape index (κ3) is 3.62. The molecule has 0 spiro atoms. The summed E-state index contributed by atoms with van der Waals surface area (Å²) in [4.78, 5) is 11.5. The van der Waals surface area contributed by atoms with Crippen LogP contribution < -0.4 is 10.2 Å². The fourth-order valence-electron chi connectivity index (χ4n) is 2.91. The normalized spacial score (nSPS) is 18.4. The SMILES string of the molecule is Cc1nc(C2CCCNC2)cc(N(C)CCc2cn[nH]c2)n1. The molecule has 118 valence electrons. The highest BCUT2D eigenvalue weighted by Gasteiger charge is 2.18. The number of hydrogen-bond acceptors (Lipinski definition) is 5. The van der Waals surface area contributed by atoms with Crippen LogP contribution in [0.15, 0.2) is 18.5 Å². The average molecular weight is 300 g/mol. The van der Waals surface area contributed by atoms with E-state index in [-0.39, 0.29) is 0 Å². The second-order valence-electron chi connectivity index (χ2n) is 6.02. The van der Waals surface area contributed by atoms with Gasteiger partial charge in [-0.3, -0.25) is 5.10 Å². The molecule has 6 nitrogen and oxygen atoms in total. The van der Waals surface area contributed by atoms with Crippen LogP contribution in [0.3, 0.4) is 0 Å². The van der Waals surface area contributed by atoms with Crippen LogP contribution in [-0.4, -0.2) is 46.8 Å². The van der Waals surface area contributed by atoms with Crippen LogP contribution in [-0.2, 0) is 6.42 Å². The summed E-state index contributed by atoms with van der Waals surface area (Å²) in [6.45, 7) is 5.04. The maximum absolute atomic E-state index is 4.66. The third-order valence-corrected chi connectivity index (χ3v) is 4.24. The number of nitrogens with one attached hydrogen (secondary N) is 2. The molecular weight excluding hydrogens is 276 g/mol. The van der Waals surface area contributed by atoms with Gasteiger partial charge in [-0.25, -0.2) is 9.97 Å². The van der Waals surface area contributed by atoms with E-state index in [0.29, 0.717) is 5.92 Å². The van der Waals surface area contributed by atoms with Crippen LogP contribution in [0.1, 0.15) is 35.8 Å². The minimum Gasteiger partial charge on any atom is -0.359 e. The quantitative estimate of drug-likeness (QED) is 0.879. The van der Waals surface area contributed by atoms with Crippen molar-refractivity contribution in [1.29, 1.82) is 0 Å². The van der Waals surface area contributed by atoms with Crippen molar-refractivity contribution in [2.45, 2.75) is 32.1 Å². The first-order valence-corrected chi connectivity index (χ1v) is 7.97. The molecule has 2 N–H and O–H groups in total. The van der Waals surface area contributed by atoms with Gasteiger partial charge in [0.1, 0.15) is 11.6 Å². The van der Waals surface area contributed by atoms with E-state index in [2.05, 4.69) is 43.5 Å². The summed E-state index contributed by atoms with van der Waals surface area (Å²) in [6.07, 6.45) is 7.20. The zero-order valence-electron chi connectivity index (χ0n) is 13.3. The lowest BCUT2D eigenvalue weighted by molar-refractivity contribution is 0.453. The minimum atomic E-state index is 0.511. The Hall–Kier alpha value is -1.95. The highest BCUT2D eigenvalue weighted by atomic mass is 15.2. The summed E-state index contributed by atoms with van der Waals surface area (Å²) in [5.74, 6) is 2.38. The molecule has 2 aromatic heterocycles. The zero-order chi connectivity index (χ0) is 15.4. The molecule has 0 aromatic carbocycles. The lowest BCUT2D eigenvalue weighted by Gasteiger charge is -2.24. The molecule has 3 heterocycles. The number of hydrogen-bond donors (Lipinski definition) is 2. The van der Waals surface area contributed by atoms with Crippen molar-refractivity contribution < 1.29 is 0 Å². The standard InChI is InChI=1S/C16H24N6/c1-12-20-15(14-4-3-6-17-11-14)8-16(21-12)22(2)7-5-13-9-18-19-10-13/h8-10,14,17H,3-7,11H2,1-2H3,(H,18,19). The van der Waals surface area contributed by atoms with E-state index < -0.39 is 0 Å². The average Bonchev–Trinajstić information content (AvgIpc) is 3.06. The molecular formula is C16H24N6. The van der Waals surface area contributed by atoms with Crippen LogP contribution in [0, 0.1) is 6.92 Å². The van der Waals surface area contributed by atoms with Gasteiger partial charge in [-0.05, 0) is 38.3 Å². The van der Waals surface area contributed by atoms with Gasteiger partial charge in [0.15, 0.2) is 0 Å². The number of aromatic amines is 1. The Morgan fingerprint density at radius 2 is 2.27 bits per heavy atom. The monoisotopic (exact) mass is 300 g/mol. The number of piperidine rings is 1. The summed E-state index contributed by atoms with van der Waals surface area (Å²) in [5, 5.41) is 10.3. The van der Waals surface area contributed by atoms with Crippen LogP contribution in [0.25, 0.3) is 0 Å². The topological polar surface area (TPSA) is 69.7 Å². The lowest BCUT2D eigenvalue weighted by atomic mass is 9.96. The molecule has 1 aliphatic heterocycles. The molecule has 0 aliphatic carbocycles. The maximum atomic E-state index is 4.66. The summed E-state index contributed by atoms with van der Waals surface area (Å²) in [7, 11) is 2.09. The first-order chi connectivity index (χ1) is 10.7. The van der Waals surface area contributed by atoms with Gasteiger partial charge in [-0.1, -0.05) is 0 Å². The van der Waals surface area contributed by atoms with Gasteiger partial charge in [0.25, 0.3) is 0 Å². The van der Waals surface area contributed by atoms with Crippen molar-refractivity contribution in [2.75, 3.05) is 31.6 Å². The van der Waals surface area contributed by atoms with Gasteiger partial charge in [0.2, 0.25) is 0 Å². The van der Waals surface area contributed by atoms with E-state index in [9.17, 15) is 0 Å². The predicted octanol–water partition coefficient (Wildman–Crippen LogP) is 1.65. The minimum absolute atomic E-state index is 0.511. The van der Waals surface area contributed by atoms with Crippen molar-refractivity contribution in [1.82, 2.24) is 25.5 Å². The molecule has 0 bridgehead atoms. The number of anilines is 1. The first-order valence-electron chi connectivity index (χ1n) is 7.97. The molecule has 2 aromatic rings. The number of aromatic nitrogens is 4. The molecule has 3 rings (SSSR count). The second-order valence-corrected chi connectivity index (χ2v) is 6.02. The van der Waals surface area contributed by atoms with Crippen molar-refractivity contribution in [3.63, 3.8) is 0 Å². The van der Waals surface area contributed by atoms with E-state index >= 15 is 0 Å². The van der Waals surface area contributed by atoms with Crippen molar-refractivity contribution in [2.24, 2.45) is 0 Å². The number of nitrogens with zero attached hydrogens (tertiary/aromatic N) is 4. The highest BCUT2D eigenvalue weighted by molar-refractivity contribution is 5.40. The van der Waals surface area contributed by atoms with E-state index in [1.54, 1.807) is 0 Å². The van der Waals surface area contributed by atoms with Crippen molar-refractivity contribution in [3.05, 3.63) is 35.5 Å². The third-order valence-electron chi connectivity index (χ3n) is 4.24. The van der Waals surface area contributed by atoms with E-state index in [4.69, 9.17) is 0 Å². The number of aryl methyl sites for hydroxylation is 1. The second kappa shape index (κ2) is 6.87. The molecule has 22 heavy (non-hydrogen) atoms. The number of rotatable bonds is 5. The first kappa shape index (κ1) is 15.0. The van der Waals surface area contributed by atoms with E-state index in [1.807, 2.05) is 19.3 Å². The molecule has 6 heteroatoms. The molecule has 1 atom stereocenters. The molecule has 0 radical (unpaired) electrons. The Kier molecular flexibility index (Phi) is 4.68. The Labute approximate surface area is 131 Å². The largest absolute Gasteiger partial charge is 0.359 e. The van der Waals surface area contributed by atoms with Gasteiger partial charge in [0, 0.05) is 38.3 Å². The Bertz CT molecular complexity index is 589. The van der Waals surface area contributed by atoms with Crippen molar-refractivity contribution in [3.8, 4) is 0 Å². The van der Waals surface area contributed by atoms with Gasteiger partial charge in [-0.2, -0.15) is 5.10 Å². The van der Waals surface area contributed by atoms with Crippen molar-refractivity contribution >= 4 is 5.82 Å². The van der Waals surface area contributed by atoms with Gasteiger partial charge in [0.05, 0.1) is 11.9 Å². The number of H-pyrrole nitrogens is 1. The smallest absolute Gasteiger partial charge is 0.132 e. The maximum Gasteiger partial charge on any atom is 0.132 e. The van der Waals surface area contributed by atoms with Crippen LogP contribution in [0.5, 0.6) is 0 Å². The molecule has 1 aliphatic rings. The Balaban J connectivity index is 1.70. The lowest BCUT2D eigenvalue weighted by Crippen LogP contribution is -2.29. The number of likely N-dealkylation sites (N-methyl/N-ethyl adjacent to an activating group) is 1. The molecule has 0 amide bonds. The van der Waals surface area contributed by atoms with Gasteiger partial charge in [-0.15, -0.1) is 0 Å². The summed E-state index contributed by atoms with van der Waals surface area (Å²) < 4.78 is 0. The fourth-order valence-corrected chi connectivity index (χ4v) is 2.91. The Morgan fingerprint density at radius 1 is 1.36 bits per heavy atom. The van der Waals surface area contributed by atoms with Gasteiger partial charge < -0.3 is 10.2 Å². The summed E-state index contributed by atoms with van der Waals surface area (Å²) >= 11 is 0.